The number of esters is 2. The number of hydrogen-bond donors (Lipinski definition) is 1. The highest BCUT2D eigenvalue weighted by atomic mass is 16.5. The second-order valence-electron chi connectivity index (χ2n) is 3.41. The van der Waals surface area contributed by atoms with Gasteiger partial charge in [0.2, 0.25) is 0 Å². The van der Waals surface area contributed by atoms with E-state index in [1.165, 1.54) is 7.11 Å². The molecular weight excluding hydrogens is 264 g/mol. The van der Waals surface area contributed by atoms with Gasteiger partial charge in [-0.2, -0.15) is 0 Å². The molecule has 0 unspecified atom stereocenters. The molecule has 0 aliphatic heterocycles. The number of carboxylic acid groups (broad SMARTS) is 1. The van der Waals surface area contributed by atoms with Crippen LogP contribution in [0.1, 0.15) is 19.8 Å². The minimum atomic E-state index is -1.12. The van der Waals surface area contributed by atoms with E-state index < -0.39 is 17.9 Å². The van der Waals surface area contributed by atoms with Crippen molar-refractivity contribution < 1.29 is 29.0 Å². The highest BCUT2D eigenvalue weighted by molar-refractivity contribution is 5.93. The first kappa shape index (κ1) is 20.0. The fourth-order valence-electron chi connectivity index (χ4n) is 0.725. The second kappa shape index (κ2) is 13.1. The number of carbonyl (C=O) groups excluding carboxylic acids is 2. The van der Waals surface area contributed by atoms with E-state index in [1.54, 1.807) is 0 Å². The molecule has 0 saturated carbocycles. The van der Waals surface area contributed by atoms with Crippen molar-refractivity contribution in [3.63, 3.8) is 0 Å². The molecule has 0 atom stereocenters. The lowest BCUT2D eigenvalue weighted by atomic mass is 10.3. The molecular formula is C14H20O6. The Hall–Kier alpha value is -2.37. The summed E-state index contributed by atoms with van der Waals surface area (Å²) >= 11 is 0. The summed E-state index contributed by atoms with van der Waals surface area (Å²) in [5.41, 5.74) is 0.0449. The van der Waals surface area contributed by atoms with Crippen LogP contribution in [-0.2, 0) is 23.9 Å². The van der Waals surface area contributed by atoms with Crippen LogP contribution in [0.25, 0.3) is 0 Å². The van der Waals surface area contributed by atoms with Crippen LogP contribution >= 0.6 is 0 Å². The first-order valence-corrected chi connectivity index (χ1v) is 5.86. The maximum Gasteiger partial charge on any atom is 0.337 e. The quantitative estimate of drug-likeness (QED) is 0.332. The lowest BCUT2D eigenvalue weighted by molar-refractivity contribution is -0.138. The van der Waals surface area contributed by atoms with Crippen molar-refractivity contribution in [1.29, 1.82) is 0 Å². The fraction of sp³-hybridized carbons (Fsp3) is 0.357. The van der Waals surface area contributed by atoms with E-state index in [0.29, 0.717) is 6.61 Å². The van der Waals surface area contributed by atoms with Crippen LogP contribution < -0.4 is 0 Å². The zero-order valence-corrected chi connectivity index (χ0v) is 11.8. The third kappa shape index (κ3) is 13.7. The lowest BCUT2D eigenvalue weighted by Crippen LogP contribution is -2.07. The van der Waals surface area contributed by atoms with Gasteiger partial charge in [-0.15, -0.1) is 0 Å². The minimum absolute atomic E-state index is 0.0449. The number of methoxy groups -OCH3 is 1. The van der Waals surface area contributed by atoms with E-state index >= 15 is 0 Å². The highest BCUT2D eigenvalue weighted by Gasteiger charge is 2.04. The normalized spacial score (nSPS) is 9.10. The summed E-state index contributed by atoms with van der Waals surface area (Å²) < 4.78 is 8.94. The zero-order valence-electron chi connectivity index (χ0n) is 11.8. The molecule has 0 bridgehead atoms. The summed E-state index contributed by atoms with van der Waals surface area (Å²) in [4.78, 5) is 31.0. The number of carbonyl (C=O) groups is 3. The fourth-order valence-corrected chi connectivity index (χ4v) is 0.725. The number of carboxylic acids is 1. The van der Waals surface area contributed by atoms with Crippen molar-refractivity contribution in [2.24, 2.45) is 0 Å². The van der Waals surface area contributed by atoms with Crippen molar-refractivity contribution in [1.82, 2.24) is 0 Å². The summed E-state index contributed by atoms with van der Waals surface area (Å²) in [7, 11) is 1.31. The maximum atomic E-state index is 11.1. The summed E-state index contributed by atoms with van der Waals surface area (Å²) in [5, 5.41) is 8.28. The van der Waals surface area contributed by atoms with Gasteiger partial charge >= 0.3 is 17.9 Å². The van der Waals surface area contributed by atoms with Crippen LogP contribution in [0.4, 0.5) is 0 Å². The molecule has 0 aliphatic carbocycles. The second-order valence-corrected chi connectivity index (χ2v) is 3.41. The van der Waals surface area contributed by atoms with E-state index in [-0.39, 0.29) is 5.57 Å². The zero-order chi connectivity index (χ0) is 16.0. The first-order valence-electron chi connectivity index (χ1n) is 5.86. The maximum absolute atomic E-state index is 11.1. The molecule has 0 saturated heterocycles. The van der Waals surface area contributed by atoms with Gasteiger partial charge in [0.1, 0.15) is 0 Å². The standard InChI is InChI=1S/C10H14O4.C4H6O2/c1-3-4-7-14-10(13)8(2)5-6-9(11)12;1-3-4(5)6-2/h5-6H,2-4,7H2,1H3,(H,11,12);3H,1H2,2H3. The first-order chi connectivity index (χ1) is 9.38. The van der Waals surface area contributed by atoms with Crippen molar-refractivity contribution in [3.05, 3.63) is 37.0 Å². The summed E-state index contributed by atoms with van der Waals surface area (Å²) in [6.45, 7) is 8.86. The van der Waals surface area contributed by atoms with E-state index in [0.717, 1.165) is 31.1 Å². The summed E-state index contributed by atoms with van der Waals surface area (Å²) in [6, 6.07) is 0. The Balaban J connectivity index is 0. The van der Waals surface area contributed by atoms with E-state index in [9.17, 15) is 14.4 Å². The van der Waals surface area contributed by atoms with Crippen molar-refractivity contribution in [3.8, 4) is 0 Å². The molecule has 0 amide bonds. The molecule has 0 aromatic carbocycles. The molecule has 20 heavy (non-hydrogen) atoms. The molecule has 0 aromatic rings. The molecule has 0 fully saturated rings. The Morgan fingerprint density at radius 2 is 1.85 bits per heavy atom. The molecule has 6 nitrogen and oxygen atoms in total. The Labute approximate surface area is 118 Å². The highest BCUT2D eigenvalue weighted by Crippen LogP contribution is 1.98. The van der Waals surface area contributed by atoms with Gasteiger partial charge in [-0.3, -0.25) is 0 Å². The molecule has 1 N–H and O–H groups in total. The largest absolute Gasteiger partial charge is 0.478 e. The molecule has 0 spiro atoms. The Kier molecular flexibility index (Phi) is 13.0. The molecule has 0 heterocycles. The minimum Gasteiger partial charge on any atom is -0.478 e. The number of rotatable bonds is 7. The number of hydrogen-bond acceptors (Lipinski definition) is 5. The molecule has 6 heteroatoms. The number of ether oxygens (including phenoxy) is 2. The average Bonchev–Trinajstić information content (AvgIpc) is 2.44. The van der Waals surface area contributed by atoms with Crippen LogP contribution in [0.5, 0.6) is 0 Å². The molecule has 0 aliphatic rings. The van der Waals surface area contributed by atoms with Gasteiger partial charge in [0.15, 0.2) is 0 Å². The van der Waals surface area contributed by atoms with Crippen LogP contribution in [0.15, 0.2) is 37.0 Å². The van der Waals surface area contributed by atoms with Crippen LogP contribution in [-0.4, -0.2) is 36.7 Å². The van der Waals surface area contributed by atoms with E-state index in [2.05, 4.69) is 17.9 Å². The van der Waals surface area contributed by atoms with Crippen molar-refractivity contribution in [2.75, 3.05) is 13.7 Å². The predicted octanol–water partition coefficient (Wildman–Crippen LogP) is 1.87. The van der Waals surface area contributed by atoms with E-state index in [4.69, 9.17) is 9.84 Å². The Bertz CT molecular complexity index is 381. The van der Waals surface area contributed by atoms with Crippen LogP contribution in [0, 0.1) is 0 Å². The summed E-state index contributed by atoms with van der Waals surface area (Å²) in [5.74, 6) is -2.08. The lowest BCUT2D eigenvalue weighted by Gasteiger charge is -2.02. The SMILES string of the molecule is C=C(C=CC(=O)O)C(=O)OCCCC.C=CC(=O)OC. The van der Waals surface area contributed by atoms with Gasteiger partial charge in [0.05, 0.1) is 19.3 Å². The van der Waals surface area contributed by atoms with Crippen molar-refractivity contribution >= 4 is 17.9 Å². The third-order valence-electron chi connectivity index (χ3n) is 1.79. The third-order valence-corrected chi connectivity index (χ3v) is 1.79. The number of aliphatic carboxylic acids is 1. The predicted molar refractivity (Wildman–Crippen MR) is 74.0 cm³/mol. The van der Waals surface area contributed by atoms with Gasteiger partial charge in [0.25, 0.3) is 0 Å². The van der Waals surface area contributed by atoms with Gasteiger partial charge in [-0.25, -0.2) is 14.4 Å². The van der Waals surface area contributed by atoms with Gasteiger partial charge in [-0.1, -0.05) is 26.5 Å². The molecule has 0 radical (unpaired) electrons. The smallest absolute Gasteiger partial charge is 0.337 e. The van der Waals surface area contributed by atoms with Crippen LogP contribution in [0.3, 0.4) is 0 Å². The van der Waals surface area contributed by atoms with E-state index in [1.807, 2.05) is 6.92 Å². The topological polar surface area (TPSA) is 89.9 Å². The monoisotopic (exact) mass is 284 g/mol. The average molecular weight is 284 g/mol. The summed E-state index contributed by atoms with van der Waals surface area (Å²) in [6.07, 6.45) is 4.81. The van der Waals surface area contributed by atoms with Gasteiger partial charge in [-0.05, 0) is 12.5 Å². The Morgan fingerprint density at radius 1 is 1.25 bits per heavy atom. The molecule has 0 aromatic heterocycles. The van der Waals surface area contributed by atoms with Gasteiger partial charge < -0.3 is 14.6 Å². The number of unbranched alkanes of at least 4 members (excludes halogenated alkanes) is 1. The molecule has 112 valence electrons. The molecule has 0 rings (SSSR count). The Morgan fingerprint density at radius 3 is 2.20 bits per heavy atom. The van der Waals surface area contributed by atoms with Crippen molar-refractivity contribution in [2.45, 2.75) is 19.8 Å². The van der Waals surface area contributed by atoms with Gasteiger partial charge in [0, 0.05) is 12.2 Å². The van der Waals surface area contributed by atoms with Crippen LogP contribution in [0.2, 0.25) is 0 Å².